The fourth-order valence-electron chi connectivity index (χ4n) is 2.16. The molecule has 0 aliphatic carbocycles. The quantitative estimate of drug-likeness (QED) is 0.881. The maximum absolute atomic E-state index is 8.49. The summed E-state index contributed by atoms with van der Waals surface area (Å²) in [5.41, 5.74) is 2.19. The summed E-state index contributed by atoms with van der Waals surface area (Å²) in [6.07, 6.45) is 1.81. The van der Waals surface area contributed by atoms with Crippen LogP contribution in [0.1, 0.15) is 37.2 Å². The van der Waals surface area contributed by atoms with Crippen molar-refractivity contribution < 1.29 is 4.74 Å². The van der Waals surface area contributed by atoms with Gasteiger partial charge >= 0.3 is 0 Å². The molecule has 2 aromatic rings. The highest BCUT2D eigenvalue weighted by atomic mass is 16.5. The van der Waals surface area contributed by atoms with Crippen molar-refractivity contribution in [2.75, 3.05) is 6.61 Å². The molecule has 2 rings (SSSR count). The first-order chi connectivity index (χ1) is 10.2. The zero-order valence-electron chi connectivity index (χ0n) is 12.3. The molecule has 1 aromatic heterocycles. The first kappa shape index (κ1) is 15.0. The van der Waals surface area contributed by atoms with Gasteiger partial charge in [0.25, 0.3) is 0 Å². The van der Waals surface area contributed by atoms with Crippen molar-refractivity contribution in [3.05, 3.63) is 59.9 Å². The third kappa shape index (κ3) is 4.30. The Labute approximate surface area is 125 Å². The second-order valence-electron chi connectivity index (χ2n) is 4.88. The molecule has 0 bridgehead atoms. The van der Waals surface area contributed by atoms with E-state index in [1.165, 1.54) is 5.56 Å². The predicted molar refractivity (Wildman–Crippen MR) is 81.8 cm³/mol. The van der Waals surface area contributed by atoms with Gasteiger partial charge in [0.05, 0.1) is 5.69 Å². The maximum Gasteiger partial charge on any atom is 0.174 e. The molecule has 21 heavy (non-hydrogen) atoms. The fraction of sp³-hybridized carbons (Fsp3) is 0.294. The molecular weight excluding hydrogens is 262 g/mol. The number of benzene rings is 1. The van der Waals surface area contributed by atoms with Gasteiger partial charge in [-0.3, -0.25) is 4.98 Å². The molecule has 4 heteroatoms. The molecule has 0 saturated carbocycles. The Hall–Kier alpha value is -2.38. The van der Waals surface area contributed by atoms with Crippen molar-refractivity contribution >= 4 is 0 Å². The first-order valence-electron chi connectivity index (χ1n) is 6.97. The number of hydrogen-bond acceptors (Lipinski definition) is 4. The lowest BCUT2D eigenvalue weighted by molar-refractivity contribution is 0.368. The third-order valence-electron chi connectivity index (χ3n) is 3.31. The largest absolute Gasteiger partial charge is 0.479 e. The van der Waals surface area contributed by atoms with E-state index in [4.69, 9.17) is 10.00 Å². The van der Waals surface area contributed by atoms with Gasteiger partial charge < -0.3 is 10.1 Å². The van der Waals surface area contributed by atoms with Crippen LogP contribution in [0.4, 0.5) is 0 Å². The third-order valence-corrected chi connectivity index (χ3v) is 3.31. The summed E-state index contributed by atoms with van der Waals surface area (Å²) >= 11 is 0. The van der Waals surface area contributed by atoms with Crippen molar-refractivity contribution in [2.45, 2.75) is 25.9 Å². The molecule has 0 saturated heterocycles. The Kier molecular flexibility index (Phi) is 5.30. The maximum atomic E-state index is 8.49. The number of nitriles is 1. The van der Waals surface area contributed by atoms with Gasteiger partial charge in [0, 0.05) is 18.3 Å². The first-order valence-corrected chi connectivity index (χ1v) is 6.97. The number of nitrogens with zero attached hydrogens (tertiary/aromatic N) is 2. The van der Waals surface area contributed by atoms with E-state index in [9.17, 15) is 0 Å². The second kappa shape index (κ2) is 7.41. The summed E-state index contributed by atoms with van der Waals surface area (Å²) < 4.78 is 5.25. The van der Waals surface area contributed by atoms with E-state index in [-0.39, 0.29) is 18.7 Å². The molecule has 0 radical (unpaired) electrons. The van der Waals surface area contributed by atoms with Crippen LogP contribution in [-0.4, -0.2) is 11.6 Å². The highest BCUT2D eigenvalue weighted by molar-refractivity contribution is 5.29. The highest BCUT2D eigenvalue weighted by Crippen LogP contribution is 2.20. The Balaban J connectivity index is 1.97. The molecule has 1 N–H and O–H groups in total. The Bertz CT molecular complexity index is 590. The number of aromatic nitrogens is 1. The summed E-state index contributed by atoms with van der Waals surface area (Å²) in [4.78, 5) is 4.36. The molecular formula is C17H19N3O. The van der Waals surface area contributed by atoms with Crippen molar-refractivity contribution in [1.82, 2.24) is 10.3 Å². The summed E-state index contributed by atoms with van der Waals surface area (Å²) in [6.45, 7) is 4.29. The zero-order chi connectivity index (χ0) is 15.1. The molecule has 1 heterocycles. The predicted octanol–water partition coefficient (Wildman–Crippen LogP) is 3.40. The molecule has 108 valence electrons. The molecule has 1 aromatic carbocycles. The molecule has 0 amide bonds. The number of pyridine rings is 1. The van der Waals surface area contributed by atoms with E-state index in [1.54, 1.807) is 6.20 Å². The number of ether oxygens (including phenoxy) is 1. The van der Waals surface area contributed by atoms with E-state index in [1.807, 2.05) is 48.5 Å². The molecule has 0 spiro atoms. The molecule has 0 aliphatic rings. The van der Waals surface area contributed by atoms with Crippen LogP contribution >= 0.6 is 0 Å². The monoisotopic (exact) mass is 281 g/mol. The van der Waals surface area contributed by atoms with Crippen LogP contribution < -0.4 is 10.1 Å². The van der Waals surface area contributed by atoms with E-state index < -0.39 is 0 Å². The van der Waals surface area contributed by atoms with Gasteiger partial charge in [-0.1, -0.05) is 18.2 Å². The van der Waals surface area contributed by atoms with Crippen molar-refractivity contribution in [3.63, 3.8) is 0 Å². The van der Waals surface area contributed by atoms with Crippen molar-refractivity contribution in [3.8, 4) is 11.8 Å². The molecule has 0 aliphatic heterocycles. The minimum Gasteiger partial charge on any atom is -0.479 e. The average molecular weight is 281 g/mol. The van der Waals surface area contributed by atoms with Gasteiger partial charge in [0.2, 0.25) is 0 Å². The molecule has 4 nitrogen and oxygen atoms in total. The molecule has 2 atom stereocenters. The van der Waals surface area contributed by atoms with Gasteiger partial charge in [-0.2, -0.15) is 5.26 Å². The lowest BCUT2D eigenvalue weighted by Crippen LogP contribution is -2.23. The minimum atomic E-state index is 0.0733. The minimum absolute atomic E-state index is 0.0733. The van der Waals surface area contributed by atoms with E-state index in [0.29, 0.717) is 5.75 Å². The van der Waals surface area contributed by atoms with Crippen molar-refractivity contribution in [1.29, 1.82) is 5.26 Å². The summed E-state index contributed by atoms with van der Waals surface area (Å²) in [5.74, 6) is 0.713. The SMILES string of the molecule is CC(NC(C)c1ccccn1)c1ccc(OCC#N)cc1. The average Bonchev–Trinajstić information content (AvgIpc) is 2.54. The van der Waals surface area contributed by atoms with Crippen LogP contribution in [-0.2, 0) is 0 Å². The van der Waals surface area contributed by atoms with E-state index >= 15 is 0 Å². The van der Waals surface area contributed by atoms with Crippen LogP contribution in [0.3, 0.4) is 0 Å². The van der Waals surface area contributed by atoms with Crippen LogP contribution in [0.5, 0.6) is 5.75 Å². The number of rotatable bonds is 6. The smallest absolute Gasteiger partial charge is 0.174 e. The number of nitrogens with one attached hydrogen (secondary N) is 1. The van der Waals surface area contributed by atoms with Crippen LogP contribution in [0.15, 0.2) is 48.7 Å². The zero-order valence-corrected chi connectivity index (χ0v) is 12.3. The van der Waals surface area contributed by atoms with E-state index in [2.05, 4.69) is 24.1 Å². The second-order valence-corrected chi connectivity index (χ2v) is 4.88. The Morgan fingerprint density at radius 3 is 2.52 bits per heavy atom. The normalized spacial score (nSPS) is 13.2. The molecule has 2 unspecified atom stereocenters. The van der Waals surface area contributed by atoms with Gasteiger partial charge in [0.15, 0.2) is 6.61 Å². The van der Waals surface area contributed by atoms with E-state index in [0.717, 1.165) is 5.69 Å². The summed E-state index contributed by atoms with van der Waals surface area (Å²) in [6, 6.07) is 16.0. The lowest BCUT2D eigenvalue weighted by Gasteiger charge is -2.20. The standard InChI is InChI=1S/C17H19N3O/c1-13(20-14(2)17-5-3-4-11-19-17)15-6-8-16(9-7-15)21-12-10-18/h3-9,11,13-14,20H,12H2,1-2H3. The summed E-state index contributed by atoms with van der Waals surface area (Å²) in [5, 5.41) is 12.0. The molecule has 0 fully saturated rings. The Morgan fingerprint density at radius 1 is 1.14 bits per heavy atom. The van der Waals surface area contributed by atoms with Gasteiger partial charge in [-0.15, -0.1) is 0 Å². The highest BCUT2D eigenvalue weighted by Gasteiger charge is 2.11. The number of hydrogen-bond donors (Lipinski definition) is 1. The van der Waals surface area contributed by atoms with Crippen LogP contribution in [0, 0.1) is 11.3 Å². The topological polar surface area (TPSA) is 57.9 Å². The fourth-order valence-corrected chi connectivity index (χ4v) is 2.16. The summed E-state index contributed by atoms with van der Waals surface area (Å²) in [7, 11) is 0. The van der Waals surface area contributed by atoms with Gasteiger partial charge in [0.1, 0.15) is 11.8 Å². The van der Waals surface area contributed by atoms with Gasteiger partial charge in [-0.25, -0.2) is 0 Å². The van der Waals surface area contributed by atoms with Crippen LogP contribution in [0.2, 0.25) is 0 Å². The Morgan fingerprint density at radius 2 is 1.90 bits per heavy atom. The lowest BCUT2D eigenvalue weighted by atomic mass is 10.1. The van der Waals surface area contributed by atoms with Gasteiger partial charge in [-0.05, 0) is 43.7 Å². The van der Waals surface area contributed by atoms with Crippen LogP contribution in [0.25, 0.3) is 0 Å². The van der Waals surface area contributed by atoms with Crippen molar-refractivity contribution in [2.24, 2.45) is 0 Å².